The molecule has 0 aliphatic carbocycles. The number of piperazine rings is 1. The number of carbonyl (C=O) groups excluding carboxylic acids is 1. The Kier molecular flexibility index (Phi) is 5.17. The number of nitrogen functional groups attached to an aromatic ring is 1. The predicted molar refractivity (Wildman–Crippen MR) is 127 cm³/mol. The topological polar surface area (TPSA) is 125 Å². The Labute approximate surface area is 190 Å². The molecule has 0 saturated carbocycles. The fourth-order valence-corrected chi connectivity index (χ4v) is 3.99. The fraction of sp³-hybridized carbons (Fsp3) is 0.217. The van der Waals surface area contributed by atoms with Gasteiger partial charge in [0.05, 0.1) is 0 Å². The lowest BCUT2D eigenvalue weighted by atomic mass is 10.2. The number of carbonyl (C=O) groups is 1. The molecular formula is C23H24N8O2. The molecule has 0 atom stereocenters. The number of nitrogens with zero attached hydrogens (tertiary/aromatic N) is 6. The average molecular weight is 444 g/mol. The Morgan fingerprint density at radius 3 is 2.24 bits per heavy atom. The van der Waals surface area contributed by atoms with Gasteiger partial charge >= 0.3 is 0 Å². The Bertz CT molecular complexity index is 1290. The Morgan fingerprint density at radius 2 is 1.58 bits per heavy atom. The summed E-state index contributed by atoms with van der Waals surface area (Å²) in [5.41, 5.74) is 9.86. The number of imidazole rings is 1. The molecule has 0 bridgehead atoms. The van der Waals surface area contributed by atoms with Crippen LogP contribution in [-0.2, 0) is 0 Å². The number of nitrogens with one attached hydrogen (secondary N) is 1. The third-order valence-corrected chi connectivity index (χ3v) is 5.82. The number of aromatic hydroxyl groups is 1. The van der Waals surface area contributed by atoms with Crippen LogP contribution >= 0.6 is 0 Å². The number of hydrogen-bond donors (Lipinski definition) is 3. The van der Waals surface area contributed by atoms with Crippen LogP contribution in [-0.4, -0.2) is 63.8 Å². The van der Waals surface area contributed by atoms with Crippen molar-refractivity contribution in [3.63, 3.8) is 0 Å². The minimum Gasteiger partial charge on any atom is -0.508 e. The number of aromatic nitrogens is 4. The van der Waals surface area contributed by atoms with Crippen LogP contribution in [0.25, 0.3) is 16.9 Å². The van der Waals surface area contributed by atoms with Gasteiger partial charge in [-0.1, -0.05) is 0 Å². The van der Waals surface area contributed by atoms with Crippen LogP contribution in [0.5, 0.6) is 5.75 Å². The number of benzene rings is 2. The Hall–Kier alpha value is -4.34. The molecule has 1 aliphatic rings. The number of phenolic OH excluding ortho intramolecular Hbond substituents is 1. The SMILES string of the molecule is CNC(=O)c1ccc(-n2cnc3c(N)nc(N4CCN(c5ccc(O)cc5)CC4)nc32)cc1. The maximum atomic E-state index is 11.8. The molecule has 33 heavy (non-hydrogen) atoms. The smallest absolute Gasteiger partial charge is 0.251 e. The van der Waals surface area contributed by atoms with Crippen molar-refractivity contribution in [1.29, 1.82) is 0 Å². The summed E-state index contributed by atoms with van der Waals surface area (Å²) in [6, 6.07) is 14.4. The second-order valence-electron chi connectivity index (χ2n) is 7.81. The first-order valence-electron chi connectivity index (χ1n) is 10.7. The number of amides is 1. The summed E-state index contributed by atoms with van der Waals surface area (Å²) in [7, 11) is 1.60. The van der Waals surface area contributed by atoms with E-state index in [2.05, 4.69) is 25.1 Å². The molecule has 5 rings (SSSR count). The zero-order chi connectivity index (χ0) is 22.9. The van der Waals surface area contributed by atoms with Gasteiger partial charge in [0.25, 0.3) is 5.91 Å². The van der Waals surface area contributed by atoms with Crippen LogP contribution in [0.4, 0.5) is 17.5 Å². The summed E-state index contributed by atoms with van der Waals surface area (Å²) >= 11 is 0. The van der Waals surface area contributed by atoms with Crippen LogP contribution < -0.4 is 20.9 Å². The van der Waals surface area contributed by atoms with E-state index >= 15 is 0 Å². The number of hydrogen-bond acceptors (Lipinski definition) is 8. The second-order valence-corrected chi connectivity index (χ2v) is 7.81. The van der Waals surface area contributed by atoms with Gasteiger partial charge in [-0.2, -0.15) is 9.97 Å². The van der Waals surface area contributed by atoms with E-state index in [9.17, 15) is 9.90 Å². The molecule has 10 nitrogen and oxygen atoms in total. The summed E-state index contributed by atoms with van der Waals surface area (Å²) in [5, 5.41) is 12.1. The van der Waals surface area contributed by atoms with E-state index in [4.69, 9.17) is 10.7 Å². The summed E-state index contributed by atoms with van der Waals surface area (Å²) in [4.78, 5) is 29.9. The van der Waals surface area contributed by atoms with Gasteiger partial charge in [0.2, 0.25) is 5.95 Å². The van der Waals surface area contributed by atoms with Crippen molar-refractivity contribution in [2.75, 3.05) is 48.8 Å². The van der Waals surface area contributed by atoms with Gasteiger partial charge in [-0.3, -0.25) is 9.36 Å². The average Bonchev–Trinajstić information content (AvgIpc) is 3.29. The molecule has 2 aromatic carbocycles. The highest BCUT2D eigenvalue weighted by Crippen LogP contribution is 2.25. The summed E-state index contributed by atoms with van der Waals surface area (Å²) in [5.74, 6) is 1.01. The third-order valence-electron chi connectivity index (χ3n) is 5.82. The minimum absolute atomic E-state index is 0.141. The lowest BCUT2D eigenvalue weighted by Crippen LogP contribution is -2.47. The van der Waals surface area contributed by atoms with E-state index in [0.29, 0.717) is 28.5 Å². The van der Waals surface area contributed by atoms with E-state index < -0.39 is 0 Å². The zero-order valence-electron chi connectivity index (χ0n) is 18.1. The van der Waals surface area contributed by atoms with E-state index in [1.54, 1.807) is 37.6 Å². The first-order valence-corrected chi connectivity index (χ1v) is 10.7. The van der Waals surface area contributed by atoms with Gasteiger partial charge in [0.15, 0.2) is 17.0 Å². The summed E-state index contributed by atoms with van der Waals surface area (Å²) < 4.78 is 1.84. The third kappa shape index (κ3) is 3.86. The number of rotatable bonds is 4. The highest BCUT2D eigenvalue weighted by Gasteiger charge is 2.22. The molecule has 1 aliphatic heterocycles. The lowest BCUT2D eigenvalue weighted by molar-refractivity contribution is 0.0963. The highest BCUT2D eigenvalue weighted by atomic mass is 16.3. The summed E-state index contributed by atoms with van der Waals surface area (Å²) in [6.45, 7) is 3.07. The lowest BCUT2D eigenvalue weighted by Gasteiger charge is -2.36. The van der Waals surface area contributed by atoms with Gasteiger partial charge in [-0.05, 0) is 48.5 Å². The first-order chi connectivity index (χ1) is 16.0. The van der Waals surface area contributed by atoms with Gasteiger partial charge in [0.1, 0.15) is 12.1 Å². The first kappa shape index (κ1) is 20.6. The maximum Gasteiger partial charge on any atom is 0.251 e. The molecule has 1 amide bonds. The van der Waals surface area contributed by atoms with Crippen LogP contribution in [0.2, 0.25) is 0 Å². The molecule has 2 aromatic heterocycles. The largest absolute Gasteiger partial charge is 0.508 e. The van der Waals surface area contributed by atoms with Crippen molar-refractivity contribution in [1.82, 2.24) is 24.8 Å². The molecule has 0 radical (unpaired) electrons. The number of fused-ring (bicyclic) bond motifs is 1. The zero-order valence-corrected chi connectivity index (χ0v) is 18.1. The minimum atomic E-state index is -0.141. The van der Waals surface area contributed by atoms with Crippen LogP contribution in [0.15, 0.2) is 54.9 Å². The molecule has 0 unspecified atom stereocenters. The van der Waals surface area contributed by atoms with Crippen molar-refractivity contribution >= 4 is 34.5 Å². The molecule has 168 valence electrons. The fourth-order valence-electron chi connectivity index (χ4n) is 3.99. The van der Waals surface area contributed by atoms with Crippen LogP contribution in [0.1, 0.15) is 10.4 Å². The molecule has 10 heteroatoms. The molecule has 0 spiro atoms. The van der Waals surface area contributed by atoms with Crippen molar-refractivity contribution in [2.45, 2.75) is 0 Å². The van der Waals surface area contributed by atoms with Crippen LogP contribution in [0, 0.1) is 0 Å². The molecule has 4 aromatic rings. The van der Waals surface area contributed by atoms with E-state index in [1.807, 2.05) is 28.8 Å². The molecule has 4 N–H and O–H groups in total. The normalized spacial score (nSPS) is 14.0. The van der Waals surface area contributed by atoms with E-state index in [1.165, 1.54) is 0 Å². The van der Waals surface area contributed by atoms with Crippen molar-refractivity contribution in [3.05, 3.63) is 60.4 Å². The number of anilines is 3. The molecule has 3 heterocycles. The van der Waals surface area contributed by atoms with Crippen molar-refractivity contribution < 1.29 is 9.90 Å². The Balaban J connectivity index is 1.40. The van der Waals surface area contributed by atoms with Gasteiger partial charge in [-0.25, -0.2) is 4.98 Å². The van der Waals surface area contributed by atoms with Crippen LogP contribution in [0.3, 0.4) is 0 Å². The quantitative estimate of drug-likeness (QED) is 0.435. The van der Waals surface area contributed by atoms with E-state index in [0.717, 1.165) is 37.6 Å². The number of nitrogens with two attached hydrogens (primary N) is 1. The molecular weight excluding hydrogens is 420 g/mol. The molecule has 1 saturated heterocycles. The summed E-state index contributed by atoms with van der Waals surface area (Å²) in [6.07, 6.45) is 1.66. The molecule has 1 fully saturated rings. The van der Waals surface area contributed by atoms with Gasteiger partial charge in [-0.15, -0.1) is 0 Å². The second kappa shape index (κ2) is 8.30. The standard InChI is InChI=1S/C23H24N8O2/c1-25-22(33)15-2-4-17(5-3-15)31-14-26-19-20(24)27-23(28-21(19)31)30-12-10-29(11-13-30)16-6-8-18(32)9-7-16/h2-9,14,32H,10-13H2,1H3,(H,25,33)(H2,24,27,28). The number of phenols is 1. The van der Waals surface area contributed by atoms with Gasteiger partial charge < -0.3 is 26.0 Å². The van der Waals surface area contributed by atoms with Crippen molar-refractivity contribution in [3.8, 4) is 11.4 Å². The van der Waals surface area contributed by atoms with Gasteiger partial charge in [0, 0.05) is 50.2 Å². The Morgan fingerprint density at radius 1 is 0.939 bits per heavy atom. The predicted octanol–water partition coefficient (Wildman–Crippen LogP) is 1.79. The van der Waals surface area contributed by atoms with Crippen molar-refractivity contribution in [2.24, 2.45) is 0 Å². The monoisotopic (exact) mass is 444 g/mol. The maximum absolute atomic E-state index is 11.8. The highest BCUT2D eigenvalue weighted by molar-refractivity contribution is 5.94. The van der Waals surface area contributed by atoms with E-state index in [-0.39, 0.29) is 11.7 Å².